The Hall–Kier alpha value is -1.22. The molecule has 1 aromatic rings. The number of carbonyl (C=O) groups excluding carboxylic acids is 1. The highest BCUT2D eigenvalue weighted by atomic mass is 35.5. The molecule has 0 radical (unpaired) electrons. The third kappa shape index (κ3) is 3.14. The van der Waals surface area contributed by atoms with E-state index in [-0.39, 0.29) is 11.8 Å². The molecular formula is C12H16ClNO2. The van der Waals surface area contributed by atoms with Gasteiger partial charge in [0.1, 0.15) is 11.6 Å². The maximum absolute atomic E-state index is 11.0. The van der Waals surface area contributed by atoms with Crippen LogP contribution >= 0.6 is 11.6 Å². The first-order valence-corrected chi connectivity index (χ1v) is 5.58. The number of alkyl halides is 1. The molecule has 88 valence electrons. The van der Waals surface area contributed by atoms with Crippen LogP contribution in [-0.2, 0) is 11.3 Å². The summed E-state index contributed by atoms with van der Waals surface area (Å²) in [5.74, 6) is 0.702. The first-order valence-electron chi connectivity index (χ1n) is 5.05. The van der Waals surface area contributed by atoms with Gasteiger partial charge in [0, 0.05) is 6.54 Å². The lowest BCUT2D eigenvalue weighted by atomic mass is 10.0. The lowest BCUT2D eigenvalue weighted by Gasteiger charge is -2.11. The van der Waals surface area contributed by atoms with E-state index in [1.54, 1.807) is 7.11 Å². The maximum Gasteiger partial charge on any atom is 0.235 e. The molecule has 0 aliphatic rings. The van der Waals surface area contributed by atoms with Crippen LogP contribution in [0.5, 0.6) is 5.75 Å². The van der Waals surface area contributed by atoms with E-state index in [0.29, 0.717) is 6.54 Å². The maximum atomic E-state index is 11.0. The number of ether oxygens (including phenoxy) is 1. The Morgan fingerprint density at radius 1 is 1.38 bits per heavy atom. The van der Waals surface area contributed by atoms with E-state index in [2.05, 4.69) is 5.32 Å². The van der Waals surface area contributed by atoms with Gasteiger partial charge in [-0.2, -0.15) is 0 Å². The van der Waals surface area contributed by atoms with E-state index < -0.39 is 0 Å². The molecule has 4 heteroatoms. The average molecular weight is 242 g/mol. The number of nitrogens with one attached hydrogen (secondary N) is 1. The molecule has 0 aromatic heterocycles. The molecule has 1 N–H and O–H groups in total. The molecule has 1 aromatic carbocycles. The first kappa shape index (κ1) is 12.8. The Kier molecular flexibility index (Phi) is 4.62. The highest BCUT2D eigenvalue weighted by molar-refractivity contribution is 6.27. The van der Waals surface area contributed by atoms with E-state index in [0.717, 1.165) is 22.4 Å². The quantitative estimate of drug-likeness (QED) is 0.821. The molecule has 0 unspecified atom stereocenters. The Morgan fingerprint density at radius 3 is 2.62 bits per heavy atom. The summed E-state index contributed by atoms with van der Waals surface area (Å²) in [6, 6.07) is 3.99. The van der Waals surface area contributed by atoms with E-state index in [1.807, 2.05) is 26.0 Å². The van der Waals surface area contributed by atoms with Crippen molar-refractivity contribution in [1.82, 2.24) is 5.32 Å². The SMILES string of the molecule is COc1cc(C)c(CNC(=O)CCl)cc1C. The smallest absolute Gasteiger partial charge is 0.235 e. The predicted molar refractivity (Wildman–Crippen MR) is 65.0 cm³/mol. The molecule has 0 heterocycles. The van der Waals surface area contributed by atoms with Gasteiger partial charge in [0.15, 0.2) is 0 Å². The molecule has 0 aliphatic heterocycles. The van der Waals surface area contributed by atoms with Gasteiger partial charge >= 0.3 is 0 Å². The largest absolute Gasteiger partial charge is 0.496 e. The number of halogens is 1. The fourth-order valence-corrected chi connectivity index (χ4v) is 1.60. The summed E-state index contributed by atoms with van der Waals surface area (Å²) in [5.41, 5.74) is 3.23. The van der Waals surface area contributed by atoms with Gasteiger partial charge in [-0.1, -0.05) is 6.07 Å². The third-order valence-electron chi connectivity index (χ3n) is 2.45. The summed E-state index contributed by atoms with van der Waals surface area (Å²) in [7, 11) is 1.65. The molecule has 0 fully saturated rings. The predicted octanol–water partition coefficient (Wildman–Crippen LogP) is 2.17. The number of aryl methyl sites for hydroxylation is 2. The Balaban J connectivity index is 2.81. The van der Waals surface area contributed by atoms with Gasteiger partial charge in [-0.05, 0) is 36.6 Å². The zero-order valence-electron chi connectivity index (χ0n) is 9.76. The minimum absolute atomic E-state index is 0.00577. The summed E-state index contributed by atoms with van der Waals surface area (Å²) in [6.45, 7) is 4.47. The van der Waals surface area contributed by atoms with Gasteiger partial charge in [0.25, 0.3) is 0 Å². The van der Waals surface area contributed by atoms with Gasteiger partial charge in [-0.3, -0.25) is 4.79 Å². The van der Waals surface area contributed by atoms with E-state index in [4.69, 9.17) is 16.3 Å². The summed E-state index contributed by atoms with van der Waals surface area (Å²) >= 11 is 5.40. The highest BCUT2D eigenvalue weighted by Gasteiger charge is 2.06. The van der Waals surface area contributed by atoms with Crippen molar-refractivity contribution >= 4 is 17.5 Å². The number of carbonyl (C=O) groups is 1. The molecule has 0 spiro atoms. The molecule has 1 amide bonds. The van der Waals surface area contributed by atoms with Crippen LogP contribution in [0.2, 0.25) is 0 Å². The van der Waals surface area contributed by atoms with Gasteiger partial charge in [-0.15, -0.1) is 11.6 Å². The molecule has 16 heavy (non-hydrogen) atoms. The van der Waals surface area contributed by atoms with Crippen LogP contribution in [0.3, 0.4) is 0 Å². The minimum atomic E-state index is -0.158. The van der Waals surface area contributed by atoms with Crippen molar-refractivity contribution in [2.24, 2.45) is 0 Å². The van der Waals surface area contributed by atoms with E-state index >= 15 is 0 Å². The second-order valence-corrected chi connectivity index (χ2v) is 3.93. The molecule has 3 nitrogen and oxygen atoms in total. The van der Waals surface area contributed by atoms with Crippen molar-refractivity contribution in [2.45, 2.75) is 20.4 Å². The summed E-state index contributed by atoms with van der Waals surface area (Å²) < 4.78 is 5.22. The van der Waals surface area contributed by atoms with Crippen LogP contribution in [0, 0.1) is 13.8 Å². The zero-order chi connectivity index (χ0) is 12.1. The van der Waals surface area contributed by atoms with Crippen molar-refractivity contribution in [3.8, 4) is 5.75 Å². The first-order chi connectivity index (χ1) is 7.58. The minimum Gasteiger partial charge on any atom is -0.496 e. The highest BCUT2D eigenvalue weighted by Crippen LogP contribution is 2.22. The number of methoxy groups -OCH3 is 1. The number of hydrogen-bond donors (Lipinski definition) is 1. The van der Waals surface area contributed by atoms with Gasteiger partial charge in [-0.25, -0.2) is 0 Å². The fourth-order valence-electron chi connectivity index (χ4n) is 1.50. The topological polar surface area (TPSA) is 38.3 Å². The van der Waals surface area contributed by atoms with Crippen molar-refractivity contribution < 1.29 is 9.53 Å². The zero-order valence-corrected chi connectivity index (χ0v) is 10.5. The Bertz CT molecular complexity index is 391. The van der Waals surface area contributed by atoms with Crippen LogP contribution < -0.4 is 10.1 Å². The summed E-state index contributed by atoms with van der Waals surface area (Å²) in [5, 5.41) is 2.74. The lowest BCUT2D eigenvalue weighted by molar-refractivity contribution is -0.118. The fraction of sp³-hybridized carbons (Fsp3) is 0.417. The second-order valence-electron chi connectivity index (χ2n) is 3.66. The molecule has 0 aliphatic carbocycles. The van der Waals surface area contributed by atoms with Gasteiger partial charge < -0.3 is 10.1 Å². The molecule has 0 bridgehead atoms. The standard InChI is InChI=1S/C12H16ClNO2/c1-8-5-11(16-3)9(2)4-10(8)7-14-12(15)6-13/h4-5H,6-7H2,1-3H3,(H,14,15). The van der Waals surface area contributed by atoms with Crippen molar-refractivity contribution in [3.05, 3.63) is 28.8 Å². The van der Waals surface area contributed by atoms with Crippen LogP contribution in [0.1, 0.15) is 16.7 Å². The van der Waals surface area contributed by atoms with Crippen LogP contribution in [-0.4, -0.2) is 18.9 Å². The van der Waals surface area contributed by atoms with Crippen LogP contribution in [0.15, 0.2) is 12.1 Å². The molecule has 0 saturated heterocycles. The normalized spacial score (nSPS) is 10.0. The van der Waals surface area contributed by atoms with Crippen LogP contribution in [0.25, 0.3) is 0 Å². The average Bonchev–Trinajstić information content (AvgIpc) is 2.29. The number of benzene rings is 1. The van der Waals surface area contributed by atoms with Gasteiger partial charge in [0.2, 0.25) is 5.91 Å². The molecule has 1 rings (SSSR count). The summed E-state index contributed by atoms with van der Waals surface area (Å²) in [6.07, 6.45) is 0. The molecule has 0 saturated carbocycles. The Labute approximate surface area is 101 Å². The molecule has 0 atom stereocenters. The number of rotatable bonds is 4. The van der Waals surface area contributed by atoms with E-state index in [9.17, 15) is 4.79 Å². The van der Waals surface area contributed by atoms with Crippen molar-refractivity contribution in [3.63, 3.8) is 0 Å². The van der Waals surface area contributed by atoms with Gasteiger partial charge in [0.05, 0.1) is 7.11 Å². The number of amides is 1. The van der Waals surface area contributed by atoms with E-state index in [1.165, 1.54) is 0 Å². The Morgan fingerprint density at radius 2 is 2.06 bits per heavy atom. The third-order valence-corrected chi connectivity index (χ3v) is 2.69. The van der Waals surface area contributed by atoms with Crippen molar-refractivity contribution in [2.75, 3.05) is 13.0 Å². The molecular weight excluding hydrogens is 226 g/mol. The second kappa shape index (κ2) is 5.75. The van der Waals surface area contributed by atoms with Crippen LogP contribution in [0.4, 0.5) is 0 Å². The monoisotopic (exact) mass is 241 g/mol. The lowest BCUT2D eigenvalue weighted by Crippen LogP contribution is -2.24. The summed E-state index contributed by atoms with van der Waals surface area (Å²) in [4.78, 5) is 11.0. The van der Waals surface area contributed by atoms with Crippen molar-refractivity contribution in [1.29, 1.82) is 0 Å². The number of hydrogen-bond acceptors (Lipinski definition) is 2.